The second kappa shape index (κ2) is 8.00. The van der Waals surface area contributed by atoms with Crippen LogP contribution in [-0.2, 0) is 6.54 Å². The Hall–Kier alpha value is -2.64. The van der Waals surface area contributed by atoms with Crippen molar-refractivity contribution >= 4 is 28.7 Å². The Morgan fingerprint density at radius 1 is 1.21 bits per heavy atom. The minimum atomic E-state index is -0.356. The highest BCUT2D eigenvalue weighted by Crippen LogP contribution is 2.30. The fourth-order valence-electron chi connectivity index (χ4n) is 3.56. The van der Waals surface area contributed by atoms with Gasteiger partial charge in [-0.05, 0) is 50.3 Å². The first kappa shape index (κ1) is 19.7. The maximum Gasteiger partial charge on any atom is 0.416 e. The molecule has 29 heavy (non-hydrogen) atoms. The highest BCUT2D eigenvalue weighted by atomic mass is 35.5. The average Bonchev–Trinajstić information content (AvgIpc) is 3.03. The van der Waals surface area contributed by atoms with Crippen molar-refractivity contribution in [3.8, 4) is 11.6 Å². The molecular formula is C21H24ClN5O2. The van der Waals surface area contributed by atoms with Gasteiger partial charge in [0.05, 0.1) is 17.9 Å². The van der Waals surface area contributed by atoms with Crippen LogP contribution in [-0.4, -0.2) is 56.8 Å². The van der Waals surface area contributed by atoms with Gasteiger partial charge in [0, 0.05) is 29.1 Å². The largest absolute Gasteiger partial charge is 0.416 e. The molecule has 7 nitrogen and oxygen atoms in total. The Balaban J connectivity index is 1.66. The SMILES string of the molecule is CCN(CC)CCN1Cc2cc3c(C)nn(-c4ccc(Cl)cc4)c3nc2OC1=O. The van der Waals surface area contributed by atoms with E-state index in [9.17, 15) is 4.79 Å². The van der Waals surface area contributed by atoms with Crippen molar-refractivity contribution < 1.29 is 9.53 Å². The molecule has 0 bridgehead atoms. The van der Waals surface area contributed by atoms with E-state index in [4.69, 9.17) is 16.3 Å². The van der Waals surface area contributed by atoms with Gasteiger partial charge in [-0.1, -0.05) is 25.4 Å². The lowest BCUT2D eigenvalue weighted by atomic mass is 10.1. The van der Waals surface area contributed by atoms with Gasteiger partial charge in [-0.2, -0.15) is 10.1 Å². The summed E-state index contributed by atoms with van der Waals surface area (Å²) in [4.78, 5) is 21.1. The smallest absolute Gasteiger partial charge is 0.391 e. The predicted octanol–water partition coefficient (Wildman–Crippen LogP) is 4.04. The number of aryl methyl sites for hydroxylation is 1. The van der Waals surface area contributed by atoms with Crippen molar-refractivity contribution in [2.24, 2.45) is 0 Å². The third kappa shape index (κ3) is 3.80. The molecule has 4 rings (SSSR count). The summed E-state index contributed by atoms with van der Waals surface area (Å²) >= 11 is 6.00. The molecule has 3 aromatic rings. The van der Waals surface area contributed by atoms with E-state index in [1.165, 1.54) is 0 Å². The number of nitrogens with zero attached hydrogens (tertiary/aromatic N) is 5. The van der Waals surface area contributed by atoms with Gasteiger partial charge in [0.15, 0.2) is 5.65 Å². The Kier molecular flexibility index (Phi) is 5.43. The quantitative estimate of drug-likeness (QED) is 0.610. The van der Waals surface area contributed by atoms with Crippen LogP contribution in [0.4, 0.5) is 4.79 Å². The Bertz CT molecular complexity index is 1040. The number of pyridine rings is 1. The number of halogens is 1. The summed E-state index contributed by atoms with van der Waals surface area (Å²) in [5.74, 6) is 0.358. The number of hydrogen-bond donors (Lipinski definition) is 0. The first-order valence-corrected chi connectivity index (χ1v) is 10.2. The number of ether oxygens (including phenoxy) is 1. The van der Waals surface area contributed by atoms with E-state index in [-0.39, 0.29) is 6.09 Å². The maximum absolute atomic E-state index is 12.5. The summed E-state index contributed by atoms with van der Waals surface area (Å²) in [6.07, 6.45) is -0.356. The summed E-state index contributed by atoms with van der Waals surface area (Å²) in [5, 5.41) is 6.23. The van der Waals surface area contributed by atoms with Gasteiger partial charge in [0.2, 0.25) is 5.88 Å². The highest BCUT2D eigenvalue weighted by molar-refractivity contribution is 6.30. The molecule has 0 N–H and O–H groups in total. The normalized spacial score (nSPS) is 13.8. The zero-order valence-corrected chi connectivity index (χ0v) is 17.6. The van der Waals surface area contributed by atoms with Crippen LogP contribution < -0.4 is 4.74 Å². The van der Waals surface area contributed by atoms with E-state index < -0.39 is 0 Å². The number of amides is 1. The highest BCUT2D eigenvalue weighted by Gasteiger charge is 2.28. The molecule has 0 saturated carbocycles. The molecule has 1 aliphatic heterocycles. The third-order valence-electron chi connectivity index (χ3n) is 5.34. The monoisotopic (exact) mass is 413 g/mol. The first-order chi connectivity index (χ1) is 14.0. The molecule has 0 aliphatic carbocycles. The van der Waals surface area contributed by atoms with Crippen LogP contribution in [0, 0.1) is 6.92 Å². The van der Waals surface area contributed by atoms with Crippen molar-refractivity contribution in [3.05, 3.63) is 46.6 Å². The average molecular weight is 414 g/mol. The predicted molar refractivity (Wildman–Crippen MR) is 113 cm³/mol. The van der Waals surface area contributed by atoms with Gasteiger partial charge in [-0.15, -0.1) is 0 Å². The molecule has 2 aromatic heterocycles. The van der Waals surface area contributed by atoms with Crippen molar-refractivity contribution in [2.75, 3.05) is 26.2 Å². The second-order valence-corrected chi connectivity index (χ2v) is 7.55. The maximum atomic E-state index is 12.5. The topological polar surface area (TPSA) is 63.5 Å². The minimum absolute atomic E-state index is 0.356. The molecule has 3 heterocycles. The van der Waals surface area contributed by atoms with Gasteiger partial charge < -0.3 is 14.5 Å². The number of benzene rings is 1. The van der Waals surface area contributed by atoms with E-state index in [2.05, 4.69) is 28.8 Å². The van der Waals surface area contributed by atoms with E-state index in [1.54, 1.807) is 9.58 Å². The molecule has 0 radical (unpaired) electrons. The second-order valence-electron chi connectivity index (χ2n) is 7.11. The minimum Gasteiger partial charge on any atom is -0.391 e. The molecule has 1 aliphatic rings. The Morgan fingerprint density at radius 3 is 2.62 bits per heavy atom. The van der Waals surface area contributed by atoms with Crippen LogP contribution in [0.5, 0.6) is 5.88 Å². The molecule has 1 aromatic carbocycles. The van der Waals surface area contributed by atoms with Crippen LogP contribution in [0.25, 0.3) is 16.7 Å². The van der Waals surface area contributed by atoms with Crippen molar-refractivity contribution in [1.82, 2.24) is 24.6 Å². The van der Waals surface area contributed by atoms with E-state index in [0.717, 1.165) is 42.0 Å². The third-order valence-corrected chi connectivity index (χ3v) is 5.59. The van der Waals surface area contributed by atoms with E-state index in [0.29, 0.717) is 29.6 Å². The zero-order chi connectivity index (χ0) is 20.5. The van der Waals surface area contributed by atoms with Crippen LogP contribution in [0.2, 0.25) is 5.02 Å². The Labute approximate surface area is 174 Å². The molecule has 8 heteroatoms. The fourth-order valence-corrected chi connectivity index (χ4v) is 3.69. The lowest BCUT2D eigenvalue weighted by Gasteiger charge is -2.29. The number of likely N-dealkylation sites (N-methyl/N-ethyl adjacent to an activating group) is 1. The number of carbonyl (C=O) groups excluding carboxylic acids is 1. The standard InChI is InChI=1S/C21H24ClN5O2/c1-4-25(5-2)10-11-26-13-15-12-18-14(3)24-27(17-8-6-16(22)7-9-17)19(18)23-20(15)29-21(26)28/h6-9,12H,4-5,10-11,13H2,1-3H3. The van der Waals surface area contributed by atoms with Crippen molar-refractivity contribution in [3.63, 3.8) is 0 Å². The molecule has 0 fully saturated rings. The fraction of sp³-hybridized carbons (Fsp3) is 0.381. The molecule has 0 unspecified atom stereocenters. The van der Waals surface area contributed by atoms with Gasteiger partial charge >= 0.3 is 6.09 Å². The molecule has 0 saturated heterocycles. The molecule has 1 amide bonds. The lowest BCUT2D eigenvalue weighted by molar-refractivity contribution is 0.128. The van der Waals surface area contributed by atoms with Crippen LogP contribution in [0.1, 0.15) is 25.1 Å². The molecule has 0 atom stereocenters. The Morgan fingerprint density at radius 2 is 1.93 bits per heavy atom. The summed E-state index contributed by atoms with van der Waals surface area (Å²) in [6, 6.07) is 9.42. The summed E-state index contributed by atoms with van der Waals surface area (Å²) in [5.41, 5.74) is 3.28. The summed E-state index contributed by atoms with van der Waals surface area (Å²) < 4.78 is 7.32. The van der Waals surface area contributed by atoms with Crippen LogP contribution >= 0.6 is 11.6 Å². The first-order valence-electron chi connectivity index (χ1n) is 9.84. The number of aromatic nitrogens is 3. The molecule has 152 valence electrons. The van der Waals surface area contributed by atoms with Crippen molar-refractivity contribution in [1.29, 1.82) is 0 Å². The lowest BCUT2D eigenvalue weighted by Crippen LogP contribution is -2.42. The number of rotatable bonds is 6. The van der Waals surface area contributed by atoms with Gasteiger partial charge in [0.25, 0.3) is 0 Å². The van der Waals surface area contributed by atoms with Gasteiger partial charge in [-0.3, -0.25) is 0 Å². The van der Waals surface area contributed by atoms with Gasteiger partial charge in [-0.25, -0.2) is 9.48 Å². The molecule has 0 spiro atoms. The van der Waals surface area contributed by atoms with Crippen LogP contribution in [0.3, 0.4) is 0 Å². The molecular weight excluding hydrogens is 390 g/mol. The summed E-state index contributed by atoms with van der Waals surface area (Å²) in [6.45, 7) is 10.0. The van der Waals surface area contributed by atoms with Crippen molar-refractivity contribution in [2.45, 2.75) is 27.3 Å². The van der Waals surface area contributed by atoms with E-state index >= 15 is 0 Å². The van der Waals surface area contributed by atoms with Crippen LogP contribution in [0.15, 0.2) is 30.3 Å². The number of hydrogen-bond acceptors (Lipinski definition) is 5. The summed E-state index contributed by atoms with van der Waals surface area (Å²) in [7, 11) is 0. The number of carbonyl (C=O) groups is 1. The van der Waals surface area contributed by atoms with E-state index in [1.807, 2.05) is 37.3 Å². The van der Waals surface area contributed by atoms with Gasteiger partial charge in [0.1, 0.15) is 0 Å². The number of fused-ring (bicyclic) bond motifs is 2. The zero-order valence-electron chi connectivity index (χ0n) is 16.9.